The number of benzene rings is 2. The summed E-state index contributed by atoms with van der Waals surface area (Å²) in [7, 11) is -5.71. The first-order valence-corrected chi connectivity index (χ1v) is 11.0. The molecule has 1 heterocycles. The fourth-order valence-electron chi connectivity index (χ4n) is 3.46. The predicted octanol–water partition coefficient (Wildman–Crippen LogP) is 3.39. The van der Waals surface area contributed by atoms with Crippen molar-refractivity contribution in [2.24, 2.45) is 0 Å². The van der Waals surface area contributed by atoms with E-state index < -0.39 is 33.6 Å². The number of hydrogen-bond donors (Lipinski definition) is 2. The second kappa shape index (κ2) is 9.15. The molecule has 0 amide bonds. The molecule has 0 saturated carbocycles. The predicted molar refractivity (Wildman–Crippen MR) is 106 cm³/mol. The van der Waals surface area contributed by atoms with Gasteiger partial charge in [0.2, 0.25) is 0 Å². The number of aliphatic hydroxyl groups is 2. The molecule has 3 unspecified atom stereocenters. The molecule has 3 atom stereocenters. The van der Waals surface area contributed by atoms with Gasteiger partial charge in [-0.05, 0) is 47.7 Å². The van der Waals surface area contributed by atoms with Crippen LogP contribution in [0.25, 0.3) is 0 Å². The Morgan fingerprint density at radius 2 is 1.81 bits per heavy atom. The van der Waals surface area contributed by atoms with Crippen LogP contribution < -0.4 is 4.18 Å². The number of halogens is 3. The zero-order chi connectivity index (χ0) is 22.8. The summed E-state index contributed by atoms with van der Waals surface area (Å²) < 4.78 is 69.5. The minimum Gasteiger partial charge on any atom is -0.394 e. The van der Waals surface area contributed by atoms with Crippen LogP contribution in [0.1, 0.15) is 41.2 Å². The quantitative estimate of drug-likeness (QED) is 0.507. The van der Waals surface area contributed by atoms with Gasteiger partial charge in [-0.3, -0.25) is 0 Å². The lowest BCUT2D eigenvalue weighted by atomic mass is 9.92. The summed E-state index contributed by atoms with van der Waals surface area (Å²) in [4.78, 5) is 0. The van der Waals surface area contributed by atoms with Gasteiger partial charge < -0.3 is 19.1 Å². The normalized spacial score (nSPS) is 22.3. The van der Waals surface area contributed by atoms with E-state index in [0.29, 0.717) is 19.3 Å². The first kappa shape index (κ1) is 23.5. The maximum absolute atomic E-state index is 12.4. The average molecular weight is 460 g/mol. The average Bonchev–Trinajstić information content (AvgIpc) is 2.69. The fourth-order valence-corrected chi connectivity index (χ4v) is 3.92. The smallest absolute Gasteiger partial charge is 0.394 e. The molecule has 2 N–H and O–H groups in total. The Kier molecular flexibility index (Phi) is 6.95. The summed E-state index contributed by atoms with van der Waals surface area (Å²) in [6.45, 7) is 1.74. The van der Waals surface area contributed by atoms with Crippen molar-refractivity contribution in [2.75, 3.05) is 6.61 Å². The van der Waals surface area contributed by atoms with Crippen molar-refractivity contribution in [3.63, 3.8) is 0 Å². The molecule has 0 spiro atoms. The highest BCUT2D eigenvalue weighted by atomic mass is 32.2. The van der Waals surface area contributed by atoms with E-state index in [1.54, 1.807) is 0 Å². The van der Waals surface area contributed by atoms with Crippen molar-refractivity contribution in [3.8, 4) is 5.75 Å². The van der Waals surface area contributed by atoms with Crippen molar-refractivity contribution in [2.45, 2.75) is 50.0 Å². The fraction of sp³-hybridized carbons (Fsp3) is 0.429. The van der Waals surface area contributed by atoms with Crippen LogP contribution in [0.15, 0.2) is 42.5 Å². The Morgan fingerprint density at radius 1 is 1.13 bits per heavy atom. The van der Waals surface area contributed by atoms with Gasteiger partial charge in [0.15, 0.2) is 0 Å². The first-order valence-electron chi connectivity index (χ1n) is 9.62. The number of aryl methyl sites for hydroxylation is 1. The third kappa shape index (κ3) is 5.76. The van der Waals surface area contributed by atoms with Gasteiger partial charge >= 0.3 is 15.6 Å². The van der Waals surface area contributed by atoms with E-state index in [9.17, 15) is 31.8 Å². The van der Waals surface area contributed by atoms with E-state index in [-0.39, 0.29) is 12.7 Å². The van der Waals surface area contributed by atoms with Gasteiger partial charge in [0.05, 0.1) is 24.9 Å². The topological polar surface area (TPSA) is 93.1 Å². The van der Waals surface area contributed by atoms with Crippen LogP contribution in [0.4, 0.5) is 13.2 Å². The second-order valence-corrected chi connectivity index (χ2v) is 9.08. The molecular formula is C21H23F3O6S. The maximum Gasteiger partial charge on any atom is 0.534 e. The Balaban J connectivity index is 1.75. The van der Waals surface area contributed by atoms with E-state index in [0.717, 1.165) is 22.3 Å². The molecule has 10 heteroatoms. The van der Waals surface area contributed by atoms with Gasteiger partial charge in [-0.2, -0.15) is 21.6 Å². The van der Waals surface area contributed by atoms with Gasteiger partial charge in [0.1, 0.15) is 5.75 Å². The molecule has 0 radical (unpaired) electrons. The van der Waals surface area contributed by atoms with E-state index in [1.807, 2.05) is 25.1 Å². The highest BCUT2D eigenvalue weighted by Gasteiger charge is 2.48. The van der Waals surface area contributed by atoms with Crippen LogP contribution in [0.3, 0.4) is 0 Å². The summed E-state index contributed by atoms with van der Waals surface area (Å²) in [5, 5.41) is 19.4. The largest absolute Gasteiger partial charge is 0.534 e. The number of aliphatic hydroxyl groups excluding tert-OH is 2. The van der Waals surface area contributed by atoms with E-state index in [2.05, 4.69) is 4.18 Å². The van der Waals surface area contributed by atoms with Crippen LogP contribution in [0.5, 0.6) is 5.75 Å². The number of ether oxygens (including phenoxy) is 1. The van der Waals surface area contributed by atoms with Crippen molar-refractivity contribution in [1.29, 1.82) is 0 Å². The molecule has 6 nitrogen and oxygen atoms in total. The minimum absolute atomic E-state index is 0.176. The summed E-state index contributed by atoms with van der Waals surface area (Å²) >= 11 is 0. The molecule has 0 aliphatic carbocycles. The second-order valence-electron chi connectivity index (χ2n) is 7.54. The Hall–Kier alpha value is -2.14. The van der Waals surface area contributed by atoms with Crippen molar-refractivity contribution in [3.05, 3.63) is 64.7 Å². The Bertz CT molecular complexity index is 1000. The first-order chi connectivity index (χ1) is 14.5. The summed E-state index contributed by atoms with van der Waals surface area (Å²) in [5.41, 5.74) is -1.96. The highest BCUT2D eigenvalue weighted by Crippen LogP contribution is 2.33. The van der Waals surface area contributed by atoms with Crippen LogP contribution in [0, 0.1) is 6.92 Å². The third-order valence-corrected chi connectivity index (χ3v) is 6.11. The maximum atomic E-state index is 12.4. The zero-order valence-electron chi connectivity index (χ0n) is 16.7. The van der Waals surface area contributed by atoms with Crippen LogP contribution >= 0.6 is 0 Å². The van der Waals surface area contributed by atoms with Gasteiger partial charge in [0, 0.05) is 12.8 Å². The van der Waals surface area contributed by atoms with E-state index in [1.165, 1.54) is 24.3 Å². The lowest BCUT2D eigenvalue weighted by molar-refractivity contribution is -0.113. The molecule has 2 aromatic carbocycles. The molecule has 0 bridgehead atoms. The Labute approximate surface area is 178 Å². The molecule has 170 valence electrons. The molecule has 1 aliphatic heterocycles. The van der Waals surface area contributed by atoms with Crippen LogP contribution in [-0.2, 0) is 21.3 Å². The molecular weight excluding hydrogens is 437 g/mol. The molecule has 3 rings (SSSR count). The van der Waals surface area contributed by atoms with Crippen molar-refractivity contribution >= 4 is 10.1 Å². The lowest BCUT2D eigenvalue weighted by Crippen LogP contribution is -2.33. The standard InChI is InChI=1S/C21H23F3O6S/c1-13-2-5-15(20-11-17(26)10-19(12-25)29-20)9-16(13)8-14-3-6-18(7-4-14)30-31(27,28)21(22,23)24/h2-7,9,17,19-20,25-26H,8,10-12H2,1H3. The van der Waals surface area contributed by atoms with Gasteiger partial charge in [-0.15, -0.1) is 0 Å². The van der Waals surface area contributed by atoms with Gasteiger partial charge in [-0.25, -0.2) is 0 Å². The van der Waals surface area contributed by atoms with Gasteiger partial charge in [-0.1, -0.05) is 30.3 Å². The molecule has 1 fully saturated rings. The minimum atomic E-state index is -5.71. The summed E-state index contributed by atoms with van der Waals surface area (Å²) in [6, 6.07) is 11.1. The van der Waals surface area contributed by atoms with E-state index in [4.69, 9.17) is 4.74 Å². The summed E-state index contributed by atoms with van der Waals surface area (Å²) in [5.74, 6) is -0.425. The number of rotatable bonds is 6. The molecule has 31 heavy (non-hydrogen) atoms. The molecule has 0 aromatic heterocycles. The SMILES string of the molecule is Cc1ccc(C2CC(O)CC(CO)O2)cc1Cc1ccc(OS(=O)(=O)C(F)(F)F)cc1. The highest BCUT2D eigenvalue weighted by molar-refractivity contribution is 7.88. The van der Waals surface area contributed by atoms with Crippen molar-refractivity contribution < 1.29 is 40.7 Å². The number of hydrogen-bond acceptors (Lipinski definition) is 6. The molecule has 2 aromatic rings. The van der Waals surface area contributed by atoms with Gasteiger partial charge in [0.25, 0.3) is 0 Å². The van der Waals surface area contributed by atoms with E-state index >= 15 is 0 Å². The lowest BCUT2D eigenvalue weighted by Gasteiger charge is -2.32. The Morgan fingerprint density at radius 3 is 2.42 bits per heavy atom. The van der Waals surface area contributed by atoms with Crippen LogP contribution in [-0.4, -0.2) is 43.0 Å². The number of alkyl halides is 3. The van der Waals surface area contributed by atoms with Crippen molar-refractivity contribution in [1.82, 2.24) is 0 Å². The third-order valence-electron chi connectivity index (χ3n) is 5.13. The molecule has 1 saturated heterocycles. The van der Waals surface area contributed by atoms with Crippen LogP contribution in [0.2, 0.25) is 0 Å². The monoisotopic (exact) mass is 460 g/mol. The molecule has 1 aliphatic rings. The summed E-state index contributed by atoms with van der Waals surface area (Å²) in [6.07, 6.45) is -0.114. The zero-order valence-corrected chi connectivity index (χ0v) is 17.5.